The third-order valence-corrected chi connectivity index (χ3v) is 2.07. The SMILES string of the molecule is C.CO.OOCc1ccccc1.[NH-]CCOCCOCCC=O.[Y]. The summed E-state index contributed by atoms with van der Waals surface area (Å²) in [4.78, 5) is 13.7. The van der Waals surface area contributed by atoms with Crippen LogP contribution in [0.1, 0.15) is 19.4 Å². The molecule has 8 heteroatoms. The van der Waals surface area contributed by atoms with Gasteiger partial charge in [0.25, 0.3) is 0 Å². The van der Waals surface area contributed by atoms with E-state index in [1.807, 2.05) is 30.3 Å². The van der Waals surface area contributed by atoms with E-state index in [0.29, 0.717) is 32.8 Å². The number of carbonyl (C=O) groups is 1. The normalized spacial score (nSPS) is 8.33. The van der Waals surface area contributed by atoms with Gasteiger partial charge in [0.1, 0.15) is 12.9 Å². The average Bonchev–Trinajstić information content (AvgIpc) is 2.58. The van der Waals surface area contributed by atoms with Crippen molar-refractivity contribution in [1.82, 2.24) is 0 Å². The first-order chi connectivity index (χ1) is 10.8. The van der Waals surface area contributed by atoms with Crippen LogP contribution < -0.4 is 0 Å². The van der Waals surface area contributed by atoms with Crippen molar-refractivity contribution < 1.29 is 62.2 Å². The minimum atomic E-state index is 0. The van der Waals surface area contributed by atoms with Crippen molar-refractivity contribution in [2.45, 2.75) is 20.5 Å². The van der Waals surface area contributed by atoms with Gasteiger partial charge in [-0.05, 0) is 5.56 Å². The van der Waals surface area contributed by atoms with Crippen molar-refractivity contribution in [3.05, 3.63) is 41.6 Å². The van der Waals surface area contributed by atoms with E-state index in [0.717, 1.165) is 19.0 Å². The van der Waals surface area contributed by atoms with Crippen molar-refractivity contribution in [1.29, 1.82) is 0 Å². The first-order valence-electron chi connectivity index (χ1n) is 6.83. The van der Waals surface area contributed by atoms with Gasteiger partial charge in [0.15, 0.2) is 0 Å². The average molecular weight is 421 g/mol. The molecule has 0 amide bonds. The molecule has 0 aliphatic heterocycles. The number of aliphatic hydroxyl groups is 1. The number of hydrogen-bond donors (Lipinski definition) is 2. The molecule has 0 saturated heterocycles. The maximum Gasteiger partial charge on any atom is 0.122 e. The quantitative estimate of drug-likeness (QED) is 0.260. The fourth-order valence-electron chi connectivity index (χ4n) is 1.17. The summed E-state index contributed by atoms with van der Waals surface area (Å²) in [5.74, 6) is 0. The second kappa shape index (κ2) is 30.6. The number of carbonyl (C=O) groups excluding carboxylic acids is 1. The molecular formula is C16H30NO6Y-. The molecule has 1 aromatic rings. The smallest absolute Gasteiger partial charge is 0.122 e. The summed E-state index contributed by atoms with van der Waals surface area (Å²) in [5, 5.41) is 15.0. The predicted octanol–water partition coefficient (Wildman–Crippen LogP) is 2.58. The molecule has 3 N–H and O–H groups in total. The molecule has 0 unspecified atom stereocenters. The number of benzene rings is 1. The van der Waals surface area contributed by atoms with E-state index in [1.54, 1.807) is 0 Å². The number of ether oxygens (including phenoxy) is 2. The molecule has 1 aromatic carbocycles. The number of nitrogens with one attached hydrogen (secondary N) is 1. The maximum absolute atomic E-state index is 9.80. The summed E-state index contributed by atoms with van der Waals surface area (Å²) in [7, 11) is 1.00. The summed E-state index contributed by atoms with van der Waals surface area (Å²) in [5.41, 5.74) is 7.71. The zero-order chi connectivity index (χ0) is 16.9. The van der Waals surface area contributed by atoms with Crippen LogP contribution in [0.25, 0.3) is 5.73 Å². The Bertz CT molecular complexity index is 317. The Morgan fingerprint density at radius 3 is 2.04 bits per heavy atom. The van der Waals surface area contributed by atoms with Crippen molar-refractivity contribution >= 4 is 6.29 Å². The molecule has 0 saturated carbocycles. The number of aldehydes is 1. The molecule has 24 heavy (non-hydrogen) atoms. The Morgan fingerprint density at radius 2 is 1.58 bits per heavy atom. The number of rotatable bonds is 10. The van der Waals surface area contributed by atoms with Crippen molar-refractivity contribution in [3.63, 3.8) is 0 Å². The Balaban J connectivity index is -0.000000141. The van der Waals surface area contributed by atoms with E-state index in [9.17, 15) is 4.79 Å². The Kier molecular flexibility index (Phi) is 40.2. The Morgan fingerprint density at radius 1 is 1.04 bits per heavy atom. The molecule has 1 radical (unpaired) electrons. The van der Waals surface area contributed by atoms with Crippen molar-refractivity contribution in [2.24, 2.45) is 0 Å². The van der Waals surface area contributed by atoms with Crippen LogP contribution in [0.15, 0.2) is 30.3 Å². The van der Waals surface area contributed by atoms with Gasteiger partial charge < -0.3 is 25.1 Å². The largest absolute Gasteiger partial charge is 0.676 e. The monoisotopic (exact) mass is 421 g/mol. The van der Waals surface area contributed by atoms with E-state index >= 15 is 0 Å². The van der Waals surface area contributed by atoms with Crippen LogP contribution in [-0.4, -0.2) is 56.7 Å². The molecule has 0 heterocycles. The summed E-state index contributed by atoms with van der Waals surface area (Å²) < 4.78 is 9.97. The molecule has 0 aliphatic carbocycles. The van der Waals surface area contributed by atoms with Gasteiger partial charge in [-0.25, -0.2) is 4.89 Å². The van der Waals surface area contributed by atoms with Crippen LogP contribution >= 0.6 is 0 Å². The van der Waals surface area contributed by atoms with Gasteiger partial charge in [-0.1, -0.05) is 37.8 Å². The predicted molar refractivity (Wildman–Crippen MR) is 90.2 cm³/mol. The van der Waals surface area contributed by atoms with Gasteiger partial charge in [0.05, 0.1) is 19.8 Å². The topological polar surface area (TPSA) is 109 Å². The van der Waals surface area contributed by atoms with Crippen molar-refractivity contribution in [2.75, 3.05) is 40.1 Å². The fourth-order valence-corrected chi connectivity index (χ4v) is 1.17. The van der Waals surface area contributed by atoms with Crippen LogP contribution in [0.4, 0.5) is 0 Å². The first kappa shape index (κ1) is 31.5. The van der Waals surface area contributed by atoms with Crippen LogP contribution in [0.3, 0.4) is 0 Å². The maximum atomic E-state index is 9.80. The molecule has 139 valence electrons. The van der Waals surface area contributed by atoms with Gasteiger partial charge in [0.2, 0.25) is 0 Å². The Hall–Kier alpha value is -0.246. The van der Waals surface area contributed by atoms with Crippen LogP contribution in [0, 0.1) is 0 Å². The van der Waals surface area contributed by atoms with Crippen LogP contribution in [0.5, 0.6) is 0 Å². The van der Waals surface area contributed by atoms with E-state index in [2.05, 4.69) is 4.89 Å². The summed E-state index contributed by atoms with van der Waals surface area (Å²) >= 11 is 0. The van der Waals surface area contributed by atoms with Gasteiger partial charge in [-0.3, -0.25) is 5.26 Å². The molecule has 0 bridgehead atoms. The Labute approximate surface area is 170 Å². The molecule has 0 fully saturated rings. The van der Waals surface area contributed by atoms with E-state index in [1.165, 1.54) is 0 Å². The minimum absolute atomic E-state index is 0. The first-order valence-corrected chi connectivity index (χ1v) is 6.83. The third kappa shape index (κ3) is 26.6. The third-order valence-electron chi connectivity index (χ3n) is 2.07. The van der Waals surface area contributed by atoms with E-state index in [4.69, 9.17) is 25.6 Å². The molecule has 0 atom stereocenters. The fraction of sp³-hybridized carbons (Fsp3) is 0.562. The number of hydrogen-bond acceptors (Lipinski definition) is 6. The van der Waals surface area contributed by atoms with Gasteiger partial charge in [-0.15, -0.1) is 6.54 Å². The summed E-state index contributed by atoms with van der Waals surface area (Å²) in [6, 6.07) is 9.48. The van der Waals surface area contributed by atoms with Crippen LogP contribution in [-0.2, 0) is 58.5 Å². The zero-order valence-electron chi connectivity index (χ0n) is 13.5. The standard InChI is InChI=1S/C7H14NO3.C7H8O2.CH4O.CH4.Y/c8-2-5-11-7-6-10-4-1-3-9;8-9-6-7-4-2-1-3-5-7;1-2;;/h3,8H,1-2,4-7H2;1-5,8H,6H2;2H,1H3;1H4;/q-1;;;;. The zero-order valence-corrected chi connectivity index (χ0v) is 16.4. The molecule has 0 aromatic heterocycles. The van der Waals surface area contributed by atoms with E-state index < -0.39 is 0 Å². The molecule has 0 spiro atoms. The van der Waals surface area contributed by atoms with E-state index in [-0.39, 0.29) is 53.3 Å². The second-order valence-electron chi connectivity index (χ2n) is 3.69. The van der Waals surface area contributed by atoms with Gasteiger partial charge >= 0.3 is 0 Å². The molecular weight excluding hydrogens is 391 g/mol. The van der Waals surface area contributed by atoms with Gasteiger partial charge in [-0.2, -0.15) is 0 Å². The summed E-state index contributed by atoms with van der Waals surface area (Å²) in [6.07, 6.45) is 1.27. The molecule has 1 rings (SSSR count). The summed E-state index contributed by atoms with van der Waals surface area (Å²) in [6.45, 7) is 2.49. The van der Waals surface area contributed by atoms with Crippen molar-refractivity contribution in [3.8, 4) is 0 Å². The molecule has 0 aliphatic rings. The number of aliphatic hydroxyl groups excluding tert-OH is 1. The molecule has 7 nitrogen and oxygen atoms in total. The second-order valence-corrected chi connectivity index (χ2v) is 3.69. The van der Waals surface area contributed by atoms with Gasteiger partial charge in [0, 0.05) is 52.8 Å². The minimum Gasteiger partial charge on any atom is -0.676 e. The van der Waals surface area contributed by atoms with Crippen LogP contribution in [0.2, 0.25) is 0 Å².